The molecule has 1 N–H and O–H groups in total. The third kappa shape index (κ3) is 1.79. The van der Waals surface area contributed by atoms with Gasteiger partial charge in [0, 0.05) is 13.0 Å². The highest BCUT2D eigenvalue weighted by molar-refractivity contribution is 5.70. The molecule has 92 valence electrons. The standard InChI is InChI=1S/C11H16N4O2/c1-6(2)10-13-15-8(5-9(16)17)7(3)12-11(15)14(10)4/h6H,5H2,1-4H3,(H,16,17). The molecule has 0 aliphatic heterocycles. The first kappa shape index (κ1) is 11.6. The van der Waals surface area contributed by atoms with E-state index < -0.39 is 5.97 Å². The van der Waals surface area contributed by atoms with Crippen LogP contribution in [0.5, 0.6) is 0 Å². The molecule has 0 unspecified atom stereocenters. The van der Waals surface area contributed by atoms with Crippen LogP contribution in [0.2, 0.25) is 0 Å². The third-order valence-electron chi connectivity index (χ3n) is 2.81. The summed E-state index contributed by atoms with van der Waals surface area (Å²) in [5, 5.41) is 13.3. The predicted octanol–water partition coefficient (Wildman–Crippen LogP) is 1.13. The van der Waals surface area contributed by atoms with Gasteiger partial charge in [-0.3, -0.25) is 9.36 Å². The fourth-order valence-electron chi connectivity index (χ4n) is 1.98. The number of carboxylic acids is 1. The van der Waals surface area contributed by atoms with Crippen molar-refractivity contribution >= 4 is 11.7 Å². The molecule has 6 heteroatoms. The largest absolute Gasteiger partial charge is 0.481 e. The molecule has 2 heterocycles. The number of imidazole rings is 1. The number of aryl methyl sites for hydroxylation is 2. The Hall–Kier alpha value is -1.85. The van der Waals surface area contributed by atoms with Crippen molar-refractivity contribution in [2.24, 2.45) is 7.05 Å². The number of fused-ring (bicyclic) bond motifs is 1. The summed E-state index contributed by atoms with van der Waals surface area (Å²) in [5.74, 6) is 1.01. The van der Waals surface area contributed by atoms with Crippen molar-refractivity contribution in [3.8, 4) is 0 Å². The van der Waals surface area contributed by atoms with Crippen LogP contribution in [0.15, 0.2) is 0 Å². The number of hydrogen-bond acceptors (Lipinski definition) is 3. The molecule has 0 radical (unpaired) electrons. The highest BCUT2D eigenvalue weighted by atomic mass is 16.4. The Morgan fingerprint density at radius 2 is 2.12 bits per heavy atom. The van der Waals surface area contributed by atoms with Crippen LogP contribution in [0.3, 0.4) is 0 Å². The summed E-state index contributed by atoms with van der Waals surface area (Å²) in [6.07, 6.45) is -0.0540. The van der Waals surface area contributed by atoms with Crippen LogP contribution < -0.4 is 0 Å². The summed E-state index contributed by atoms with van der Waals surface area (Å²) < 4.78 is 3.54. The molecule has 0 saturated carbocycles. The lowest BCUT2D eigenvalue weighted by Gasteiger charge is -2.02. The van der Waals surface area contributed by atoms with Gasteiger partial charge in [0.15, 0.2) is 0 Å². The number of rotatable bonds is 3. The van der Waals surface area contributed by atoms with Crippen LogP contribution in [0.1, 0.15) is 37.0 Å². The van der Waals surface area contributed by atoms with Crippen LogP contribution in [0, 0.1) is 6.92 Å². The number of carbonyl (C=O) groups is 1. The van der Waals surface area contributed by atoms with Gasteiger partial charge in [-0.15, -0.1) is 0 Å². The molecule has 0 aliphatic rings. The lowest BCUT2D eigenvalue weighted by molar-refractivity contribution is -0.136. The molecule has 0 aromatic carbocycles. The molecule has 2 rings (SSSR count). The summed E-state index contributed by atoms with van der Waals surface area (Å²) >= 11 is 0. The number of aliphatic carboxylic acids is 1. The van der Waals surface area contributed by atoms with Crippen molar-refractivity contribution in [1.29, 1.82) is 0 Å². The number of hydrogen-bond donors (Lipinski definition) is 1. The monoisotopic (exact) mass is 236 g/mol. The van der Waals surface area contributed by atoms with Gasteiger partial charge in [0.1, 0.15) is 5.82 Å². The normalized spacial score (nSPS) is 11.6. The molecule has 0 saturated heterocycles. The molecular weight excluding hydrogens is 220 g/mol. The van der Waals surface area contributed by atoms with Crippen LogP contribution in [-0.2, 0) is 18.3 Å². The van der Waals surface area contributed by atoms with Gasteiger partial charge in [-0.25, -0.2) is 9.50 Å². The van der Waals surface area contributed by atoms with E-state index in [4.69, 9.17) is 5.11 Å². The molecule has 0 aliphatic carbocycles. The molecule has 0 atom stereocenters. The van der Waals surface area contributed by atoms with E-state index in [9.17, 15) is 4.79 Å². The minimum Gasteiger partial charge on any atom is -0.481 e. The van der Waals surface area contributed by atoms with Crippen molar-refractivity contribution in [3.05, 3.63) is 17.2 Å². The van der Waals surface area contributed by atoms with E-state index in [0.29, 0.717) is 11.5 Å². The molecule has 2 aromatic rings. The molecule has 0 spiro atoms. The first-order chi connectivity index (χ1) is 7.91. The van der Waals surface area contributed by atoms with Gasteiger partial charge < -0.3 is 5.11 Å². The predicted molar refractivity (Wildman–Crippen MR) is 62.1 cm³/mol. The van der Waals surface area contributed by atoms with E-state index in [1.807, 2.05) is 32.4 Å². The van der Waals surface area contributed by atoms with Crippen molar-refractivity contribution < 1.29 is 9.90 Å². The van der Waals surface area contributed by atoms with E-state index in [0.717, 1.165) is 11.5 Å². The Morgan fingerprint density at radius 1 is 1.47 bits per heavy atom. The zero-order chi connectivity index (χ0) is 12.7. The SMILES string of the molecule is Cc1nc2n(C)c(C(C)C)nn2c1CC(=O)O. The third-order valence-corrected chi connectivity index (χ3v) is 2.81. The van der Waals surface area contributed by atoms with Crippen molar-refractivity contribution in [3.63, 3.8) is 0 Å². The van der Waals surface area contributed by atoms with Gasteiger partial charge in [0.05, 0.1) is 17.8 Å². The molecular formula is C11H16N4O2. The fourth-order valence-corrected chi connectivity index (χ4v) is 1.98. The summed E-state index contributed by atoms with van der Waals surface area (Å²) in [5.41, 5.74) is 1.37. The van der Waals surface area contributed by atoms with E-state index >= 15 is 0 Å². The second-order valence-corrected chi connectivity index (χ2v) is 4.50. The molecule has 17 heavy (non-hydrogen) atoms. The van der Waals surface area contributed by atoms with Crippen LogP contribution >= 0.6 is 0 Å². The smallest absolute Gasteiger partial charge is 0.309 e. The van der Waals surface area contributed by atoms with Crippen molar-refractivity contribution in [2.45, 2.75) is 33.1 Å². The molecule has 6 nitrogen and oxygen atoms in total. The lowest BCUT2D eigenvalue weighted by atomic mass is 10.2. The van der Waals surface area contributed by atoms with Crippen molar-refractivity contribution in [1.82, 2.24) is 19.2 Å². The van der Waals surface area contributed by atoms with Gasteiger partial charge >= 0.3 is 5.97 Å². The first-order valence-corrected chi connectivity index (χ1v) is 5.54. The summed E-state index contributed by atoms with van der Waals surface area (Å²) in [7, 11) is 1.90. The average molecular weight is 236 g/mol. The number of nitrogens with zero attached hydrogens (tertiary/aromatic N) is 4. The van der Waals surface area contributed by atoms with Crippen LogP contribution in [-0.4, -0.2) is 30.2 Å². The van der Waals surface area contributed by atoms with Crippen molar-refractivity contribution in [2.75, 3.05) is 0 Å². The van der Waals surface area contributed by atoms with Gasteiger partial charge in [0.25, 0.3) is 0 Å². The number of carboxylic acid groups (broad SMARTS) is 1. The summed E-state index contributed by atoms with van der Waals surface area (Å²) in [6.45, 7) is 5.90. The zero-order valence-electron chi connectivity index (χ0n) is 10.4. The molecule has 0 fully saturated rings. The molecule has 2 aromatic heterocycles. The maximum Gasteiger partial charge on any atom is 0.309 e. The Balaban J connectivity index is 2.64. The van der Waals surface area contributed by atoms with Crippen LogP contribution in [0.25, 0.3) is 5.78 Å². The highest BCUT2D eigenvalue weighted by Gasteiger charge is 2.19. The van der Waals surface area contributed by atoms with E-state index in [2.05, 4.69) is 10.1 Å². The van der Waals surface area contributed by atoms with Gasteiger partial charge in [-0.2, -0.15) is 5.10 Å². The minimum atomic E-state index is -0.869. The Labute approximate surface area is 98.9 Å². The van der Waals surface area contributed by atoms with E-state index in [-0.39, 0.29) is 12.3 Å². The minimum absolute atomic E-state index is 0.0540. The number of aromatic nitrogens is 4. The Kier molecular flexibility index (Phi) is 2.65. The Morgan fingerprint density at radius 3 is 2.65 bits per heavy atom. The van der Waals surface area contributed by atoms with Gasteiger partial charge in [-0.05, 0) is 6.92 Å². The fraction of sp³-hybridized carbons (Fsp3) is 0.545. The zero-order valence-corrected chi connectivity index (χ0v) is 10.4. The first-order valence-electron chi connectivity index (χ1n) is 5.54. The summed E-state index contributed by atoms with van der Waals surface area (Å²) in [6, 6.07) is 0. The second-order valence-electron chi connectivity index (χ2n) is 4.50. The average Bonchev–Trinajstić information content (AvgIpc) is 2.67. The molecule has 0 bridgehead atoms. The van der Waals surface area contributed by atoms with E-state index in [1.54, 1.807) is 4.52 Å². The van der Waals surface area contributed by atoms with Gasteiger partial charge in [-0.1, -0.05) is 13.8 Å². The Bertz CT molecular complexity index is 580. The lowest BCUT2D eigenvalue weighted by Crippen LogP contribution is -2.06. The van der Waals surface area contributed by atoms with E-state index in [1.165, 1.54) is 0 Å². The second kappa shape index (κ2) is 3.87. The quantitative estimate of drug-likeness (QED) is 0.867. The molecule has 0 amide bonds. The van der Waals surface area contributed by atoms with Gasteiger partial charge in [0.2, 0.25) is 5.78 Å². The maximum absolute atomic E-state index is 10.8. The highest BCUT2D eigenvalue weighted by Crippen LogP contribution is 2.18. The van der Waals surface area contributed by atoms with Crippen LogP contribution in [0.4, 0.5) is 0 Å². The maximum atomic E-state index is 10.8. The summed E-state index contributed by atoms with van der Waals surface area (Å²) in [4.78, 5) is 15.2. The topological polar surface area (TPSA) is 72.4 Å².